The molecule has 1 amide bonds. The van der Waals surface area contributed by atoms with Crippen LogP contribution in [0.5, 0.6) is 0 Å². The second-order valence-corrected chi connectivity index (χ2v) is 6.39. The van der Waals surface area contributed by atoms with Crippen molar-refractivity contribution in [2.24, 2.45) is 7.05 Å². The number of amides is 1. The van der Waals surface area contributed by atoms with Gasteiger partial charge < -0.3 is 10.1 Å². The van der Waals surface area contributed by atoms with Crippen molar-refractivity contribution in [2.75, 3.05) is 13.7 Å². The van der Waals surface area contributed by atoms with E-state index in [0.717, 1.165) is 5.56 Å². The van der Waals surface area contributed by atoms with Gasteiger partial charge in [-0.25, -0.2) is 9.48 Å². The summed E-state index contributed by atoms with van der Waals surface area (Å²) in [4.78, 5) is 35.9. The average Bonchev–Trinajstić information content (AvgIpc) is 2.72. The summed E-state index contributed by atoms with van der Waals surface area (Å²) in [6, 6.07) is 14.2. The Labute approximate surface area is 161 Å². The van der Waals surface area contributed by atoms with Crippen molar-refractivity contribution in [2.45, 2.75) is 12.8 Å². The van der Waals surface area contributed by atoms with Crippen LogP contribution in [0.3, 0.4) is 0 Å². The van der Waals surface area contributed by atoms with E-state index in [-0.39, 0.29) is 23.9 Å². The van der Waals surface area contributed by atoms with E-state index in [0.29, 0.717) is 35.0 Å². The molecule has 0 spiro atoms. The molecule has 3 aromatic rings. The molecule has 1 N–H and O–H groups in total. The molecule has 0 radical (unpaired) electrons. The molecule has 0 bridgehead atoms. The number of benzene rings is 2. The summed E-state index contributed by atoms with van der Waals surface area (Å²) < 4.78 is 5.93. The number of carbonyl (C=O) groups is 2. The Kier molecular flexibility index (Phi) is 5.84. The molecule has 1 heterocycles. The smallest absolute Gasteiger partial charge is 0.337 e. The van der Waals surface area contributed by atoms with Gasteiger partial charge in [0, 0.05) is 19.0 Å². The topological polar surface area (TPSA) is 90.3 Å². The number of hydrogen-bond acceptors (Lipinski definition) is 5. The molecular weight excluding hydrogens is 358 g/mol. The second-order valence-electron chi connectivity index (χ2n) is 6.39. The number of rotatable bonds is 6. The van der Waals surface area contributed by atoms with Crippen LogP contribution in [0.2, 0.25) is 0 Å². The highest BCUT2D eigenvalue weighted by Gasteiger charge is 2.12. The standard InChI is InChI=1S/C21H21N3O4/c1-24-20(26)17-6-4-3-5-16(17)18(23-24)13-19(25)22-12-11-14-7-9-15(10-8-14)21(27)28-2/h3-10H,11-13H2,1-2H3,(H,22,25). The second kappa shape index (κ2) is 8.47. The lowest BCUT2D eigenvalue weighted by Crippen LogP contribution is -2.29. The number of fused-ring (bicyclic) bond motifs is 1. The van der Waals surface area contributed by atoms with Crippen LogP contribution < -0.4 is 10.9 Å². The predicted octanol–water partition coefficient (Wildman–Crippen LogP) is 1.62. The van der Waals surface area contributed by atoms with Gasteiger partial charge in [-0.15, -0.1) is 0 Å². The summed E-state index contributed by atoms with van der Waals surface area (Å²) in [6.07, 6.45) is 0.727. The van der Waals surface area contributed by atoms with E-state index in [2.05, 4.69) is 15.2 Å². The van der Waals surface area contributed by atoms with E-state index in [4.69, 9.17) is 0 Å². The van der Waals surface area contributed by atoms with Crippen molar-refractivity contribution in [3.8, 4) is 0 Å². The van der Waals surface area contributed by atoms with Crippen LogP contribution in [0.15, 0.2) is 53.3 Å². The first-order valence-electron chi connectivity index (χ1n) is 8.88. The SMILES string of the molecule is COC(=O)c1ccc(CCNC(=O)Cc2nn(C)c(=O)c3ccccc23)cc1. The average molecular weight is 379 g/mol. The van der Waals surface area contributed by atoms with Crippen molar-refractivity contribution in [1.82, 2.24) is 15.1 Å². The number of nitrogens with one attached hydrogen (secondary N) is 1. The molecule has 0 saturated heterocycles. The fraction of sp³-hybridized carbons (Fsp3) is 0.238. The minimum Gasteiger partial charge on any atom is -0.465 e. The third kappa shape index (κ3) is 4.25. The maximum atomic E-state index is 12.3. The Bertz CT molecular complexity index is 1070. The largest absolute Gasteiger partial charge is 0.465 e. The monoisotopic (exact) mass is 379 g/mol. The number of methoxy groups -OCH3 is 1. The molecular formula is C21H21N3O4. The van der Waals surface area contributed by atoms with Crippen LogP contribution in [0.1, 0.15) is 21.6 Å². The molecule has 0 aliphatic carbocycles. The van der Waals surface area contributed by atoms with Crippen LogP contribution in [0, 0.1) is 0 Å². The molecule has 28 heavy (non-hydrogen) atoms. The lowest BCUT2D eigenvalue weighted by molar-refractivity contribution is -0.120. The van der Waals surface area contributed by atoms with Gasteiger partial charge in [-0.3, -0.25) is 9.59 Å². The summed E-state index contributed by atoms with van der Waals surface area (Å²) in [5.74, 6) is -0.542. The molecule has 0 atom stereocenters. The van der Waals surface area contributed by atoms with E-state index in [1.807, 2.05) is 18.2 Å². The fourth-order valence-corrected chi connectivity index (χ4v) is 2.99. The van der Waals surface area contributed by atoms with E-state index in [9.17, 15) is 14.4 Å². The molecule has 144 valence electrons. The Hall–Kier alpha value is -3.48. The molecule has 0 unspecified atom stereocenters. The highest BCUT2D eigenvalue weighted by atomic mass is 16.5. The zero-order chi connectivity index (χ0) is 20.1. The van der Waals surface area contributed by atoms with Crippen LogP contribution in [0.4, 0.5) is 0 Å². The van der Waals surface area contributed by atoms with Gasteiger partial charge in [-0.1, -0.05) is 30.3 Å². The Balaban J connectivity index is 1.61. The van der Waals surface area contributed by atoms with Gasteiger partial charge in [0.05, 0.1) is 30.2 Å². The molecule has 7 nitrogen and oxygen atoms in total. The van der Waals surface area contributed by atoms with Gasteiger partial charge in [0.2, 0.25) is 5.91 Å². The van der Waals surface area contributed by atoms with E-state index < -0.39 is 0 Å². The molecule has 1 aromatic heterocycles. The first-order chi connectivity index (χ1) is 13.5. The maximum absolute atomic E-state index is 12.3. The Morgan fingerprint density at radius 2 is 1.75 bits per heavy atom. The number of nitrogens with zero attached hydrogens (tertiary/aromatic N) is 2. The molecule has 0 fully saturated rings. The van der Waals surface area contributed by atoms with Crippen LogP contribution >= 0.6 is 0 Å². The first-order valence-corrected chi connectivity index (χ1v) is 8.88. The van der Waals surface area contributed by atoms with Crippen LogP contribution in [-0.4, -0.2) is 35.3 Å². The molecule has 2 aromatic carbocycles. The summed E-state index contributed by atoms with van der Waals surface area (Å²) in [6.45, 7) is 0.458. The first kappa shape index (κ1) is 19.3. The third-order valence-corrected chi connectivity index (χ3v) is 4.47. The van der Waals surface area contributed by atoms with E-state index in [1.54, 1.807) is 37.4 Å². The van der Waals surface area contributed by atoms with Crippen molar-refractivity contribution in [3.05, 3.63) is 75.7 Å². The quantitative estimate of drug-likeness (QED) is 0.658. The minimum atomic E-state index is -0.378. The Morgan fingerprint density at radius 3 is 2.43 bits per heavy atom. The summed E-state index contributed by atoms with van der Waals surface area (Å²) in [5.41, 5.74) is 1.87. The number of ether oxygens (including phenoxy) is 1. The highest BCUT2D eigenvalue weighted by molar-refractivity contribution is 5.89. The van der Waals surface area contributed by atoms with Crippen LogP contribution in [0.25, 0.3) is 10.8 Å². The zero-order valence-electron chi connectivity index (χ0n) is 15.8. The molecule has 0 aliphatic heterocycles. The summed E-state index contributed by atoms with van der Waals surface area (Å²) in [5, 5.41) is 8.35. The minimum absolute atomic E-state index is 0.0932. The normalized spacial score (nSPS) is 10.6. The van der Waals surface area contributed by atoms with Gasteiger partial charge in [-0.2, -0.15) is 5.10 Å². The lowest BCUT2D eigenvalue weighted by atomic mass is 10.1. The zero-order valence-corrected chi connectivity index (χ0v) is 15.8. The number of carbonyl (C=O) groups excluding carboxylic acids is 2. The Morgan fingerprint density at radius 1 is 1.07 bits per heavy atom. The van der Waals surface area contributed by atoms with Crippen LogP contribution in [-0.2, 0) is 29.4 Å². The number of aromatic nitrogens is 2. The summed E-state index contributed by atoms with van der Waals surface area (Å²) in [7, 11) is 2.92. The van der Waals surface area contributed by atoms with Gasteiger partial charge in [0.25, 0.3) is 5.56 Å². The highest BCUT2D eigenvalue weighted by Crippen LogP contribution is 2.13. The molecule has 0 saturated carbocycles. The molecule has 0 aliphatic rings. The van der Waals surface area contributed by atoms with Crippen molar-refractivity contribution in [3.63, 3.8) is 0 Å². The lowest BCUT2D eigenvalue weighted by Gasteiger charge is -2.09. The maximum Gasteiger partial charge on any atom is 0.337 e. The van der Waals surface area contributed by atoms with Gasteiger partial charge in [0.1, 0.15) is 0 Å². The summed E-state index contributed by atoms with van der Waals surface area (Å²) >= 11 is 0. The molecule has 7 heteroatoms. The van der Waals surface area contributed by atoms with E-state index in [1.165, 1.54) is 11.8 Å². The molecule has 3 rings (SSSR count). The van der Waals surface area contributed by atoms with E-state index >= 15 is 0 Å². The van der Waals surface area contributed by atoms with Crippen molar-refractivity contribution < 1.29 is 14.3 Å². The number of aryl methyl sites for hydroxylation is 1. The predicted molar refractivity (Wildman–Crippen MR) is 105 cm³/mol. The van der Waals surface area contributed by atoms with Gasteiger partial charge in [-0.05, 0) is 30.2 Å². The number of hydrogen-bond donors (Lipinski definition) is 1. The number of esters is 1. The third-order valence-electron chi connectivity index (χ3n) is 4.47. The van der Waals surface area contributed by atoms with Gasteiger partial charge in [0.15, 0.2) is 0 Å². The fourth-order valence-electron chi connectivity index (χ4n) is 2.99. The van der Waals surface area contributed by atoms with Gasteiger partial charge >= 0.3 is 5.97 Å². The van der Waals surface area contributed by atoms with Crippen molar-refractivity contribution >= 4 is 22.6 Å². The van der Waals surface area contributed by atoms with Crippen molar-refractivity contribution in [1.29, 1.82) is 0 Å².